The Bertz CT molecular complexity index is 938. The van der Waals surface area contributed by atoms with Gasteiger partial charge in [0.2, 0.25) is 0 Å². The minimum atomic E-state index is 0.412. The third-order valence-corrected chi connectivity index (χ3v) is 8.15. The molecule has 3 aliphatic rings. The molecule has 4 heteroatoms. The van der Waals surface area contributed by atoms with Crippen molar-refractivity contribution >= 4 is 28.7 Å². The number of fused-ring (bicyclic) bond motifs is 5. The van der Waals surface area contributed by atoms with Gasteiger partial charge in [0.05, 0.1) is 6.04 Å². The Morgan fingerprint density at radius 1 is 1.06 bits per heavy atom. The molecule has 1 heterocycles. The number of hydrogen-bond acceptors (Lipinski definition) is 2. The van der Waals surface area contributed by atoms with Gasteiger partial charge in [-0.25, -0.2) is 0 Å². The smallest absolute Gasteiger partial charge is 0.170 e. The van der Waals surface area contributed by atoms with Gasteiger partial charge in [0, 0.05) is 17.9 Å². The number of nitrogens with one attached hydrogen (secondary N) is 3. The molecule has 5 atom stereocenters. The van der Waals surface area contributed by atoms with E-state index in [2.05, 4.69) is 72.3 Å². The molecule has 3 N–H and O–H groups in total. The van der Waals surface area contributed by atoms with Crippen LogP contribution in [0.4, 0.5) is 11.4 Å². The summed E-state index contributed by atoms with van der Waals surface area (Å²) in [5.74, 6) is 3.07. The lowest BCUT2D eigenvalue weighted by Gasteiger charge is -2.49. The van der Waals surface area contributed by atoms with Crippen LogP contribution in [0.25, 0.3) is 0 Å². The van der Waals surface area contributed by atoms with Gasteiger partial charge in [-0.15, -0.1) is 0 Å². The van der Waals surface area contributed by atoms with Gasteiger partial charge in [-0.3, -0.25) is 0 Å². The fraction of sp³-hybridized carbons (Fsp3) is 0.519. The zero-order valence-electron chi connectivity index (χ0n) is 18.8. The molecule has 0 spiro atoms. The predicted molar refractivity (Wildman–Crippen MR) is 135 cm³/mol. The molecule has 2 fully saturated rings. The summed E-state index contributed by atoms with van der Waals surface area (Å²) in [5, 5.41) is 11.4. The maximum Gasteiger partial charge on any atom is 0.170 e. The van der Waals surface area contributed by atoms with Crippen LogP contribution in [0, 0.1) is 24.7 Å². The van der Waals surface area contributed by atoms with Crippen LogP contribution in [0.3, 0.4) is 0 Å². The molecule has 0 saturated heterocycles. The summed E-state index contributed by atoms with van der Waals surface area (Å²) in [7, 11) is 0. The first-order valence-electron chi connectivity index (χ1n) is 12.2. The highest BCUT2D eigenvalue weighted by molar-refractivity contribution is 7.80. The van der Waals surface area contributed by atoms with Crippen LogP contribution in [-0.2, 0) is 0 Å². The Kier molecular flexibility index (Phi) is 5.92. The number of benzene rings is 2. The maximum absolute atomic E-state index is 5.49. The molecule has 31 heavy (non-hydrogen) atoms. The molecule has 0 aromatic heterocycles. The first-order chi connectivity index (χ1) is 15.1. The Morgan fingerprint density at radius 3 is 2.71 bits per heavy atom. The Labute approximate surface area is 192 Å². The Morgan fingerprint density at radius 2 is 1.90 bits per heavy atom. The van der Waals surface area contributed by atoms with Crippen molar-refractivity contribution < 1.29 is 0 Å². The Balaban J connectivity index is 1.48. The van der Waals surface area contributed by atoms with Crippen LogP contribution in [0.15, 0.2) is 42.5 Å². The van der Waals surface area contributed by atoms with E-state index in [0.717, 1.165) is 35.6 Å². The van der Waals surface area contributed by atoms with Crippen LogP contribution >= 0.6 is 12.2 Å². The Hall–Kier alpha value is -2.07. The molecule has 2 saturated carbocycles. The van der Waals surface area contributed by atoms with Crippen molar-refractivity contribution in [3.05, 3.63) is 59.2 Å². The number of hydrogen-bond donors (Lipinski definition) is 3. The molecule has 5 rings (SSSR count). The standard InChI is InChI=1S/C27H35N3S/c1-3-15-28-27(31)29-20-12-14-24-23(16-20)22-13-11-18-5-4-6-21(18)25(22)26(30-24)19-9-7-17(2)8-10-19/h7-10,12,14,16,18,21-22,25-26,30H,3-6,11,13,15H2,1-2H3,(H2,28,29,31). The van der Waals surface area contributed by atoms with Crippen LogP contribution in [0.5, 0.6) is 0 Å². The van der Waals surface area contributed by atoms with E-state index >= 15 is 0 Å². The fourth-order valence-electron chi connectivity index (χ4n) is 6.49. The SMILES string of the molecule is CCCNC(=S)Nc1ccc2c(c1)C1CCC3CCCC3C1C(c1ccc(C)cc1)N2. The van der Waals surface area contributed by atoms with Crippen molar-refractivity contribution in [3.63, 3.8) is 0 Å². The summed E-state index contributed by atoms with van der Waals surface area (Å²) >= 11 is 5.49. The minimum Gasteiger partial charge on any atom is -0.378 e. The summed E-state index contributed by atoms with van der Waals surface area (Å²) in [4.78, 5) is 0. The zero-order chi connectivity index (χ0) is 21.4. The van der Waals surface area contributed by atoms with Crippen molar-refractivity contribution in [3.8, 4) is 0 Å². The van der Waals surface area contributed by atoms with Gasteiger partial charge < -0.3 is 16.0 Å². The van der Waals surface area contributed by atoms with E-state index < -0.39 is 0 Å². The van der Waals surface area contributed by atoms with Crippen molar-refractivity contribution in [2.45, 2.75) is 64.3 Å². The van der Waals surface area contributed by atoms with Crippen molar-refractivity contribution in [2.75, 3.05) is 17.2 Å². The van der Waals surface area contributed by atoms with Crippen LogP contribution in [0.1, 0.15) is 74.1 Å². The fourth-order valence-corrected chi connectivity index (χ4v) is 6.71. The van der Waals surface area contributed by atoms with Crippen LogP contribution in [-0.4, -0.2) is 11.7 Å². The maximum atomic E-state index is 5.49. The summed E-state index contributed by atoms with van der Waals surface area (Å²) in [6, 6.07) is 16.4. The third-order valence-electron chi connectivity index (χ3n) is 7.90. The number of rotatable bonds is 4. The second-order valence-corrected chi connectivity index (χ2v) is 10.2. The highest BCUT2D eigenvalue weighted by Crippen LogP contribution is 2.59. The monoisotopic (exact) mass is 433 g/mol. The van der Waals surface area contributed by atoms with E-state index in [1.807, 2.05) is 0 Å². The number of thiocarbonyl (C=S) groups is 1. The van der Waals surface area contributed by atoms with E-state index in [1.165, 1.54) is 54.5 Å². The molecule has 2 aromatic carbocycles. The van der Waals surface area contributed by atoms with E-state index in [4.69, 9.17) is 12.2 Å². The summed E-state index contributed by atoms with van der Waals surface area (Å²) in [6.45, 7) is 5.24. The molecule has 0 amide bonds. The summed E-state index contributed by atoms with van der Waals surface area (Å²) in [5.41, 5.74) is 6.69. The quantitative estimate of drug-likeness (QED) is 0.465. The van der Waals surface area contributed by atoms with Gasteiger partial charge in [-0.1, -0.05) is 49.6 Å². The van der Waals surface area contributed by atoms with Gasteiger partial charge >= 0.3 is 0 Å². The topological polar surface area (TPSA) is 36.1 Å². The molecule has 0 bridgehead atoms. The lowest BCUT2D eigenvalue weighted by molar-refractivity contribution is 0.129. The summed E-state index contributed by atoms with van der Waals surface area (Å²) in [6.07, 6.45) is 8.01. The van der Waals surface area contributed by atoms with Crippen molar-refractivity contribution in [1.29, 1.82) is 0 Å². The molecule has 3 nitrogen and oxygen atoms in total. The van der Waals surface area contributed by atoms with Gasteiger partial charge in [0.25, 0.3) is 0 Å². The highest BCUT2D eigenvalue weighted by Gasteiger charge is 2.48. The first kappa shape index (κ1) is 20.8. The lowest BCUT2D eigenvalue weighted by atomic mass is 9.60. The molecule has 5 unspecified atom stereocenters. The van der Waals surface area contributed by atoms with Crippen molar-refractivity contribution in [2.24, 2.45) is 17.8 Å². The lowest BCUT2D eigenvalue weighted by Crippen LogP contribution is -2.41. The predicted octanol–water partition coefficient (Wildman–Crippen LogP) is 6.77. The second-order valence-electron chi connectivity index (χ2n) is 9.83. The minimum absolute atomic E-state index is 0.412. The molecule has 1 aliphatic heterocycles. The molecular formula is C27H35N3S. The highest BCUT2D eigenvalue weighted by atomic mass is 32.1. The van der Waals surface area contributed by atoms with E-state index in [9.17, 15) is 0 Å². The van der Waals surface area contributed by atoms with E-state index in [0.29, 0.717) is 17.9 Å². The second kappa shape index (κ2) is 8.82. The molecule has 0 radical (unpaired) electrons. The zero-order valence-corrected chi connectivity index (χ0v) is 19.6. The van der Waals surface area contributed by atoms with Crippen molar-refractivity contribution in [1.82, 2.24) is 5.32 Å². The first-order valence-corrected chi connectivity index (χ1v) is 12.6. The van der Waals surface area contributed by atoms with Gasteiger partial charge in [-0.05, 0) is 97.8 Å². The third kappa shape index (κ3) is 4.07. The average Bonchev–Trinajstić information content (AvgIpc) is 3.27. The van der Waals surface area contributed by atoms with E-state index in [-0.39, 0.29) is 0 Å². The average molecular weight is 434 g/mol. The van der Waals surface area contributed by atoms with E-state index in [1.54, 1.807) is 0 Å². The molecule has 2 aliphatic carbocycles. The number of anilines is 2. The molecule has 2 aromatic rings. The van der Waals surface area contributed by atoms with Crippen LogP contribution < -0.4 is 16.0 Å². The normalized spacial score (nSPS) is 28.6. The molecular weight excluding hydrogens is 398 g/mol. The molecule has 164 valence electrons. The largest absolute Gasteiger partial charge is 0.378 e. The summed E-state index contributed by atoms with van der Waals surface area (Å²) < 4.78 is 0. The van der Waals surface area contributed by atoms with Gasteiger partial charge in [0.1, 0.15) is 0 Å². The number of aryl methyl sites for hydroxylation is 1. The van der Waals surface area contributed by atoms with Gasteiger partial charge in [-0.2, -0.15) is 0 Å². The van der Waals surface area contributed by atoms with Crippen LogP contribution in [0.2, 0.25) is 0 Å². The van der Waals surface area contributed by atoms with Gasteiger partial charge in [0.15, 0.2) is 5.11 Å².